The molecule has 0 saturated heterocycles. The van der Waals surface area contributed by atoms with E-state index in [4.69, 9.17) is 14.6 Å². The van der Waals surface area contributed by atoms with Crippen LogP contribution in [0.15, 0.2) is 24.3 Å². The minimum absolute atomic E-state index is 0.258. The van der Waals surface area contributed by atoms with Crippen molar-refractivity contribution in [2.75, 3.05) is 19.8 Å². The highest BCUT2D eigenvalue weighted by Gasteiger charge is 2.09. The standard InChI is InChI=1S/C15H22O4/c1-15(2,3)8-9-18-10-11-19-13-6-4-12(5-7-13)14(16)17/h4-7H,8-11H2,1-3H3,(H,16,17). The van der Waals surface area contributed by atoms with Gasteiger partial charge >= 0.3 is 5.97 Å². The Morgan fingerprint density at radius 1 is 1.11 bits per heavy atom. The van der Waals surface area contributed by atoms with E-state index in [2.05, 4.69) is 20.8 Å². The van der Waals surface area contributed by atoms with Crippen LogP contribution in [0.25, 0.3) is 0 Å². The van der Waals surface area contributed by atoms with E-state index in [1.807, 2.05) is 0 Å². The Morgan fingerprint density at radius 2 is 1.74 bits per heavy atom. The van der Waals surface area contributed by atoms with Gasteiger partial charge in [0.25, 0.3) is 0 Å². The smallest absolute Gasteiger partial charge is 0.335 e. The maximum atomic E-state index is 10.7. The van der Waals surface area contributed by atoms with Crippen molar-refractivity contribution in [1.29, 1.82) is 0 Å². The molecule has 19 heavy (non-hydrogen) atoms. The summed E-state index contributed by atoms with van der Waals surface area (Å²) in [6.07, 6.45) is 1.01. The van der Waals surface area contributed by atoms with Crippen LogP contribution in [-0.4, -0.2) is 30.9 Å². The fourth-order valence-electron chi connectivity index (χ4n) is 1.39. The van der Waals surface area contributed by atoms with Gasteiger partial charge < -0.3 is 14.6 Å². The highest BCUT2D eigenvalue weighted by molar-refractivity contribution is 5.87. The molecule has 0 aromatic heterocycles. The molecule has 0 spiro atoms. The average molecular weight is 266 g/mol. The normalized spacial score (nSPS) is 11.3. The molecule has 0 aliphatic heterocycles. The van der Waals surface area contributed by atoms with Crippen LogP contribution in [0.3, 0.4) is 0 Å². The predicted octanol–water partition coefficient (Wildman–Crippen LogP) is 3.22. The molecule has 1 aromatic carbocycles. The quantitative estimate of drug-likeness (QED) is 0.770. The van der Waals surface area contributed by atoms with E-state index >= 15 is 0 Å². The van der Waals surface area contributed by atoms with E-state index in [1.165, 1.54) is 12.1 Å². The van der Waals surface area contributed by atoms with Gasteiger partial charge in [0, 0.05) is 6.61 Å². The molecule has 4 heteroatoms. The number of carboxylic acid groups (broad SMARTS) is 1. The Bertz CT molecular complexity index is 390. The van der Waals surface area contributed by atoms with Gasteiger partial charge in [0.15, 0.2) is 0 Å². The molecule has 0 bridgehead atoms. The molecular formula is C15H22O4. The van der Waals surface area contributed by atoms with Crippen molar-refractivity contribution < 1.29 is 19.4 Å². The van der Waals surface area contributed by atoms with Gasteiger partial charge in [-0.2, -0.15) is 0 Å². The molecule has 0 radical (unpaired) electrons. The van der Waals surface area contributed by atoms with Crippen molar-refractivity contribution in [3.8, 4) is 5.75 Å². The topological polar surface area (TPSA) is 55.8 Å². The first kappa shape index (κ1) is 15.5. The van der Waals surface area contributed by atoms with E-state index in [9.17, 15) is 4.79 Å². The summed E-state index contributed by atoms with van der Waals surface area (Å²) in [5.41, 5.74) is 0.543. The van der Waals surface area contributed by atoms with Crippen LogP contribution in [-0.2, 0) is 4.74 Å². The average Bonchev–Trinajstić information content (AvgIpc) is 2.33. The van der Waals surface area contributed by atoms with Crippen molar-refractivity contribution >= 4 is 5.97 Å². The van der Waals surface area contributed by atoms with Gasteiger partial charge in [-0.1, -0.05) is 20.8 Å². The lowest BCUT2D eigenvalue weighted by molar-refractivity contribution is 0.0696. The predicted molar refractivity (Wildman–Crippen MR) is 73.8 cm³/mol. The molecule has 1 rings (SSSR count). The third-order valence-corrected chi connectivity index (χ3v) is 2.59. The van der Waals surface area contributed by atoms with Crippen LogP contribution in [0.5, 0.6) is 5.75 Å². The molecule has 0 saturated carbocycles. The summed E-state index contributed by atoms with van der Waals surface area (Å²) in [7, 11) is 0. The number of rotatable bonds is 7. The van der Waals surface area contributed by atoms with Crippen molar-refractivity contribution in [2.24, 2.45) is 5.41 Å². The molecule has 0 unspecified atom stereocenters. The van der Waals surface area contributed by atoms with Crippen LogP contribution in [0.2, 0.25) is 0 Å². The Labute approximate surface area is 114 Å². The third kappa shape index (κ3) is 6.82. The van der Waals surface area contributed by atoms with Crippen LogP contribution >= 0.6 is 0 Å². The first-order valence-corrected chi connectivity index (χ1v) is 6.42. The van der Waals surface area contributed by atoms with Crippen LogP contribution in [0, 0.1) is 5.41 Å². The van der Waals surface area contributed by atoms with Gasteiger partial charge in [-0.3, -0.25) is 0 Å². The van der Waals surface area contributed by atoms with E-state index in [0.29, 0.717) is 19.0 Å². The highest BCUT2D eigenvalue weighted by Crippen LogP contribution is 2.17. The zero-order valence-corrected chi connectivity index (χ0v) is 11.8. The van der Waals surface area contributed by atoms with Crippen LogP contribution in [0.1, 0.15) is 37.6 Å². The maximum absolute atomic E-state index is 10.7. The number of benzene rings is 1. The molecule has 1 N–H and O–H groups in total. The van der Waals surface area contributed by atoms with E-state index in [1.54, 1.807) is 12.1 Å². The largest absolute Gasteiger partial charge is 0.491 e. The van der Waals surface area contributed by atoms with Gasteiger partial charge in [-0.15, -0.1) is 0 Å². The third-order valence-electron chi connectivity index (χ3n) is 2.59. The lowest BCUT2D eigenvalue weighted by Crippen LogP contribution is -2.13. The molecule has 106 valence electrons. The minimum Gasteiger partial charge on any atom is -0.491 e. The SMILES string of the molecule is CC(C)(C)CCOCCOc1ccc(C(=O)O)cc1. The molecule has 1 aromatic rings. The Kier molecular flexibility index (Phi) is 5.83. The second-order valence-electron chi connectivity index (χ2n) is 5.60. The van der Waals surface area contributed by atoms with Crippen molar-refractivity contribution in [2.45, 2.75) is 27.2 Å². The summed E-state index contributed by atoms with van der Waals surface area (Å²) in [4.78, 5) is 10.7. The van der Waals surface area contributed by atoms with Gasteiger partial charge in [0.1, 0.15) is 12.4 Å². The summed E-state index contributed by atoms with van der Waals surface area (Å²) in [5.74, 6) is -0.276. The molecule has 0 amide bonds. The summed E-state index contributed by atoms with van der Waals surface area (Å²) >= 11 is 0. The number of ether oxygens (including phenoxy) is 2. The van der Waals surface area contributed by atoms with Crippen molar-refractivity contribution in [1.82, 2.24) is 0 Å². The first-order valence-electron chi connectivity index (χ1n) is 6.42. The fourth-order valence-corrected chi connectivity index (χ4v) is 1.39. The van der Waals surface area contributed by atoms with Crippen molar-refractivity contribution in [3.05, 3.63) is 29.8 Å². The summed E-state index contributed by atoms with van der Waals surface area (Å²) in [5, 5.41) is 8.75. The Hall–Kier alpha value is -1.55. The van der Waals surface area contributed by atoms with Crippen molar-refractivity contribution in [3.63, 3.8) is 0 Å². The number of carbonyl (C=O) groups is 1. The fraction of sp³-hybridized carbons (Fsp3) is 0.533. The minimum atomic E-state index is -0.933. The molecule has 0 atom stereocenters. The number of hydrogen-bond acceptors (Lipinski definition) is 3. The second kappa shape index (κ2) is 7.14. The van der Waals surface area contributed by atoms with Crippen LogP contribution in [0.4, 0.5) is 0 Å². The molecule has 4 nitrogen and oxygen atoms in total. The van der Waals surface area contributed by atoms with E-state index in [-0.39, 0.29) is 11.0 Å². The maximum Gasteiger partial charge on any atom is 0.335 e. The summed E-state index contributed by atoms with van der Waals surface area (Å²) in [6.45, 7) is 8.27. The monoisotopic (exact) mass is 266 g/mol. The molecular weight excluding hydrogens is 244 g/mol. The first-order chi connectivity index (χ1) is 8.88. The number of hydrogen-bond donors (Lipinski definition) is 1. The van der Waals surface area contributed by atoms with Gasteiger partial charge in [0.2, 0.25) is 0 Å². The zero-order chi connectivity index (χ0) is 14.3. The molecule has 0 heterocycles. The van der Waals surface area contributed by atoms with Gasteiger partial charge in [0.05, 0.1) is 12.2 Å². The number of aromatic carboxylic acids is 1. The lowest BCUT2D eigenvalue weighted by Gasteiger charge is -2.17. The number of carboxylic acids is 1. The van der Waals surface area contributed by atoms with E-state index in [0.717, 1.165) is 13.0 Å². The Morgan fingerprint density at radius 3 is 2.26 bits per heavy atom. The second-order valence-corrected chi connectivity index (χ2v) is 5.60. The Balaban J connectivity index is 2.17. The van der Waals surface area contributed by atoms with Gasteiger partial charge in [-0.25, -0.2) is 4.79 Å². The van der Waals surface area contributed by atoms with Gasteiger partial charge in [-0.05, 0) is 36.1 Å². The summed E-state index contributed by atoms with van der Waals surface area (Å²) in [6, 6.07) is 6.35. The highest BCUT2D eigenvalue weighted by atomic mass is 16.5. The van der Waals surface area contributed by atoms with Crippen LogP contribution < -0.4 is 4.74 Å². The molecule has 0 aliphatic carbocycles. The summed E-state index contributed by atoms with van der Waals surface area (Å²) < 4.78 is 10.9. The zero-order valence-electron chi connectivity index (χ0n) is 11.8. The molecule has 0 fully saturated rings. The van der Waals surface area contributed by atoms with E-state index < -0.39 is 5.97 Å². The molecule has 0 aliphatic rings. The lowest BCUT2D eigenvalue weighted by atomic mass is 9.93.